The number of amides is 1. The van der Waals surface area contributed by atoms with Crippen LogP contribution in [0.2, 0.25) is 0 Å². The van der Waals surface area contributed by atoms with Crippen molar-refractivity contribution in [2.75, 3.05) is 18.9 Å². The van der Waals surface area contributed by atoms with Crippen LogP contribution in [0.1, 0.15) is 73.0 Å². The summed E-state index contributed by atoms with van der Waals surface area (Å²) in [6.07, 6.45) is 3.57. The van der Waals surface area contributed by atoms with E-state index >= 15 is 0 Å². The van der Waals surface area contributed by atoms with Crippen LogP contribution in [-0.2, 0) is 36.8 Å². The Morgan fingerprint density at radius 1 is 0.889 bits per heavy atom. The number of aryl methyl sites for hydroxylation is 2. The SMILES string of the molecule is Nc1nc2ncc(CCc3ccc(C(=O)NC(CCC(=O)CCCOCCCC(=O)CCC(=O)O)C(=O)O)cc3)nc2c(=O)[nH]1. The van der Waals surface area contributed by atoms with E-state index in [2.05, 4.69) is 25.3 Å². The first-order chi connectivity index (χ1) is 21.5. The van der Waals surface area contributed by atoms with E-state index in [0.717, 1.165) is 5.56 Å². The second kappa shape index (κ2) is 17.3. The lowest BCUT2D eigenvalue weighted by molar-refractivity contribution is -0.140. The minimum atomic E-state index is -1.25. The second-order valence-corrected chi connectivity index (χ2v) is 10.4. The minimum Gasteiger partial charge on any atom is -0.481 e. The zero-order valence-electron chi connectivity index (χ0n) is 24.6. The Balaban J connectivity index is 1.36. The molecule has 1 aromatic carbocycles. The molecule has 240 valence electrons. The highest BCUT2D eigenvalue weighted by Crippen LogP contribution is 2.11. The fourth-order valence-electron chi connectivity index (χ4n) is 4.33. The lowest BCUT2D eigenvalue weighted by atomic mass is 10.0. The molecule has 0 fully saturated rings. The third-order valence-electron chi connectivity index (χ3n) is 6.79. The maximum Gasteiger partial charge on any atom is 0.326 e. The third-order valence-corrected chi connectivity index (χ3v) is 6.79. The molecule has 0 aliphatic heterocycles. The number of carbonyl (C=O) groups is 5. The number of aromatic amines is 1. The van der Waals surface area contributed by atoms with Gasteiger partial charge >= 0.3 is 11.9 Å². The summed E-state index contributed by atoms with van der Waals surface area (Å²) >= 11 is 0. The number of nitrogens with two attached hydrogens (primary N) is 1. The highest BCUT2D eigenvalue weighted by molar-refractivity contribution is 5.96. The quantitative estimate of drug-likeness (QED) is 0.112. The summed E-state index contributed by atoms with van der Waals surface area (Å²) in [4.78, 5) is 85.5. The van der Waals surface area contributed by atoms with Crippen molar-refractivity contribution in [1.82, 2.24) is 25.3 Å². The van der Waals surface area contributed by atoms with E-state index in [1.165, 1.54) is 6.20 Å². The fraction of sp³-hybridized carbons (Fsp3) is 0.433. The average Bonchev–Trinajstić information content (AvgIpc) is 3.00. The number of carboxylic acid groups (broad SMARTS) is 2. The number of Topliss-reactive ketones (excluding diaryl/α,β-unsaturated/α-hetero) is 2. The van der Waals surface area contributed by atoms with Crippen molar-refractivity contribution in [3.8, 4) is 0 Å². The van der Waals surface area contributed by atoms with Crippen LogP contribution < -0.4 is 16.6 Å². The summed E-state index contributed by atoms with van der Waals surface area (Å²) in [5, 5.41) is 20.6. The van der Waals surface area contributed by atoms with Crippen molar-refractivity contribution in [2.24, 2.45) is 0 Å². The van der Waals surface area contributed by atoms with E-state index in [-0.39, 0.29) is 72.8 Å². The summed E-state index contributed by atoms with van der Waals surface area (Å²) in [5.74, 6) is -3.18. The van der Waals surface area contributed by atoms with Gasteiger partial charge < -0.3 is 26.0 Å². The molecule has 0 spiro atoms. The molecule has 15 heteroatoms. The van der Waals surface area contributed by atoms with Gasteiger partial charge in [0, 0.05) is 44.5 Å². The van der Waals surface area contributed by atoms with Gasteiger partial charge in [0.15, 0.2) is 11.2 Å². The van der Waals surface area contributed by atoms with Crippen molar-refractivity contribution in [2.45, 2.75) is 70.3 Å². The molecule has 1 unspecified atom stereocenters. The molecule has 3 aromatic rings. The van der Waals surface area contributed by atoms with Gasteiger partial charge in [-0.3, -0.25) is 29.0 Å². The molecule has 0 aliphatic carbocycles. The number of aromatic nitrogens is 4. The first-order valence-electron chi connectivity index (χ1n) is 14.5. The molecule has 1 atom stereocenters. The van der Waals surface area contributed by atoms with E-state index in [9.17, 15) is 33.9 Å². The number of fused-ring (bicyclic) bond motifs is 1. The Hall–Kier alpha value is -5.05. The first kappa shape index (κ1) is 34.4. The monoisotopic (exact) mass is 624 g/mol. The Morgan fingerprint density at radius 2 is 1.56 bits per heavy atom. The Bertz CT molecular complexity index is 1570. The van der Waals surface area contributed by atoms with E-state index in [1.807, 2.05) is 0 Å². The number of aliphatic carboxylic acids is 2. The molecule has 1 amide bonds. The van der Waals surface area contributed by atoms with Crippen LogP contribution in [0, 0.1) is 0 Å². The molecule has 0 radical (unpaired) electrons. The Morgan fingerprint density at radius 3 is 2.20 bits per heavy atom. The van der Waals surface area contributed by atoms with E-state index in [0.29, 0.717) is 44.6 Å². The van der Waals surface area contributed by atoms with Crippen LogP contribution in [0.3, 0.4) is 0 Å². The number of anilines is 1. The molecule has 0 saturated heterocycles. The van der Waals surface area contributed by atoms with Crippen LogP contribution in [0.4, 0.5) is 5.95 Å². The van der Waals surface area contributed by atoms with E-state index in [1.54, 1.807) is 24.3 Å². The average molecular weight is 625 g/mol. The molecule has 2 heterocycles. The fourth-order valence-corrected chi connectivity index (χ4v) is 4.33. The summed E-state index contributed by atoms with van der Waals surface area (Å²) in [6, 6.07) is 5.37. The van der Waals surface area contributed by atoms with Crippen LogP contribution in [0.25, 0.3) is 11.2 Å². The maximum absolute atomic E-state index is 12.7. The molecule has 15 nitrogen and oxygen atoms in total. The third kappa shape index (κ3) is 11.9. The van der Waals surface area contributed by atoms with Crippen LogP contribution >= 0.6 is 0 Å². The van der Waals surface area contributed by atoms with Crippen molar-refractivity contribution < 1.29 is 38.9 Å². The van der Waals surface area contributed by atoms with Crippen LogP contribution in [0.15, 0.2) is 35.3 Å². The number of hydrogen-bond acceptors (Lipinski definition) is 11. The van der Waals surface area contributed by atoms with Gasteiger partial charge in [-0.2, -0.15) is 4.98 Å². The predicted octanol–water partition coefficient (Wildman–Crippen LogP) is 1.62. The lowest BCUT2D eigenvalue weighted by Gasteiger charge is -2.14. The number of nitrogen functional groups attached to an aromatic ring is 1. The number of carboxylic acids is 2. The Kier molecular flexibility index (Phi) is 13.2. The van der Waals surface area contributed by atoms with Crippen molar-refractivity contribution >= 4 is 46.5 Å². The van der Waals surface area contributed by atoms with Gasteiger partial charge in [0.2, 0.25) is 5.95 Å². The summed E-state index contributed by atoms with van der Waals surface area (Å²) in [5.41, 5.74) is 7.00. The van der Waals surface area contributed by atoms with E-state index < -0.39 is 29.4 Å². The minimum absolute atomic E-state index is 0.00107. The first-order valence-corrected chi connectivity index (χ1v) is 14.5. The predicted molar refractivity (Wildman–Crippen MR) is 161 cm³/mol. The molecular formula is C30H36N6O9. The number of H-pyrrole nitrogens is 1. The molecule has 0 aliphatic rings. The highest BCUT2D eigenvalue weighted by Gasteiger charge is 2.22. The molecule has 45 heavy (non-hydrogen) atoms. The van der Waals surface area contributed by atoms with Gasteiger partial charge in [0.1, 0.15) is 17.6 Å². The summed E-state index contributed by atoms with van der Waals surface area (Å²) < 4.78 is 5.40. The van der Waals surface area contributed by atoms with E-state index in [4.69, 9.17) is 15.6 Å². The van der Waals surface area contributed by atoms with Gasteiger partial charge in [-0.1, -0.05) is 12.1 Å². The maximum atomic E-state index is 12.7. The van der Waals surface area contributed by atoms with Gasteiger partial charge in [0.25, 0.3) is 11.5 Å². The Labute approximate surface area is 257 Å². The number of rotatable bonds is 20. The molecule has 2 aromatic heterocycles. The number of carbonyl (C=O) groups excluding carboxylic acids is 3. The van der Waals surface area contributed by atoms with Crippen molar-refractivity contribution in [3.63, 3.8) is 0 Å². The van der Waals surface area contributed by atoms with Gasteiger partial charge in [-0.25, -0.2) is 14.8 Å². The standard InChI is InChI=1S/C30H36N6O9/c31-30-35-26-25(28(42)36-30)33-20(17-32-26)10-7-18-5-8-19(9-6-18)27(41)34-23(29(43)44)13-11-21(37)3-1-15-45-16-2-4-22(38)12-14-24(39)40/h5-6,8-9,17,23H,1-4,7,10-16H2,(H,34,41)(H,39,40)(H,43,44)(H3,31,32,35,36,42). The molecule has 6 N–H and O–H groups in total. The molecular weight excluding hydrogens is 588 g/mol. The molecule has 0 bridgehead atoms. The second-order valence-electron chi connectivity index (χ2n) is 10.4. The van der Waals surface area contributed by atoms with Crippen molar-refractivity contribution in [1.29, 1.82) is 0 Å². The highest BCUT2D eigenvalue weighted by atomic mass is 16.5. The molecule has 0 saturated carbocycles. The van der Waals surface area contributed by atoms with Crippen LogP contribution in [-0.4, -0.2) is 78.8 Å². The smallest absolute Gasteiger partial charge is 0.326 e. The van der Waals surface area contributed by atoms with Crippen LogP contribution in [0.5, 0.6) is 0 Å². The zero-order chi connectivity index (χ0) is 32.8. The molecule has 3 rings (SSSR count). The largest absolute Gasteiger partial charge is 0.481 e. The van der Waals surface area contributed by atoms with Crippen molar-refractivity contribution in [3.05, 3.63) is 57.6 Å². The van der Waals surface area contributed by atoms with Gasteiger partial charge in [-0.05, 0) is 49.8 Å². The summed E-state index contributed by atoms with van der Waals surface area (Å²) in [7, 11) is 0. The normalized spacial score (nSPS) is 11.6. The number of hydrogen-bond donors (Lipinski definition) is 5. The lowest BCUT2D eigenvalue weighted by Crippen LogP contribution is -2.41. The number of nitrogens with one attached hydrogen (secondary N) is 2. The number of benzene rings is 1. The topological polar surface area (TPSA) is 245 Å². The number of nitrogens with zero attached hydrogens (tertiary/aromatic N) is 3. The van der Waals surface area contributed by atoms with Gasteiger partial charge in [0.05, 0.1) is 18.3 Å². The summed E-state index contributed by atoms with van der Waals surface area (Å²) in [6.45, 7) is 0.614. The zero-order valence-corrected chi connectivity index (χ0v) is 24.6. The number of ether oxygens (including phenoxy) is 1. The van der Waals surface area contributed by atoms with Gasteiger partial charge in [-0.15, -0.1) is 0 Å². The number of ketones is 2.